The van der Waals surface area contributed by atoms with Crippen molar-refractivity contribution >= 4 is 18.3 Å². The van der Waals surface area contributed by atoms with Gasteiger partial charge in [0.25, 0.3) is 5.91 Å². The molecule has 0 bridgehead atoms. The van der Waals surface area contributed by atoms with Gasteiger partial charge in [0, 0.05) is 45.8 Å². The molecule has 2 aromatic rings. The summed E-state index contributed by atoms with van der Waals surface area (Å²) >= 11 is 0. The van der Waals surface area contributed by atoms with Crippen LogP contribution in [-0.4, -0.2) is 69.5 Å². The molecule has 192 valence electrons. The van der Waals surface area contributed by atoms with Gasteiger partial charge in [0.15, 0.2) is 11.5 Å². The summed E-state index contributed by atoms with van der Waals surface area (Å²) in [6.45, 7) is 4.34. The standard InChI is InChI=1S/C27H36N2O5.ClH/c1-31-15-5-16-32-25-18-21(8-11-24(25)34-20-22-6-3-2-4-7-22)12-14-29(23-9-10-23)27(30)26-19-28-13-17-33-26;/h2-4,6-8,11,18,23,26,28H,5,9-10,12-17,19-20H2,1H3;1H/t26-;/m1./s1. The molecule has 7 nitrogen and oxygen atoms in total. The maximum atomic E-state index is 13.0. The third kappa shape index (κ3) is 8.39. The first kappa shape index (κ1) is 27.3. The van der Waals surface area contributed by atoms with Crippen molar-refractivity contribution in [3.63, 3.8) is 0 Å². The number of hydrogen-bond donors (Lipinski definition) is 1. The number of carbonyl (C=O) groups is 1. The van der Waals surface area contributed by atoms with Crippen LogP contribution in [0, 0.1) is 0 Å². The zero-order valence-corrected chi connectivity index (χ0v) is 21.3. The number of morpholine rings is 1. The van der Waals surface area contributed by atoms with Gasteiger partial charge in [0.05, 0.1) is 13.2 Å². The fourth-order valence-corrected chi connectivity index (χ4v) is 4.08. The van der Waals surface area contributed by atoms with E-state index in [1.165, 1.54) is 0 Å². The van der Waals surface area contributed by atoms with E-state index in [0.717, 1.165) is 54.9 Å². The van der Waals surface area contributed by atoms with Gasteiger partial charge in [-0.3, -0.25) is 4.79 Å². The summed E-state index contributed by atoms with van der Waals surface area (Å²) in [4.78, 5) is 15.1. The zero-order valence-electron chi connectivity index (χ0n) is 20.4. The Morgan fingerprint density at radius 1 is 1.06 bits per heavy atom. The Morgan fingerprint density at radius 2 is 1.89 bits per heavy atom. The van der Waals surface area contributed by atoms with E-state index in [0.29, 0.717) is 45.6 Å². The van der Waals surface area contributed by atoms with Gasteiger partial charge in [-0.05, 0) is 42.5 Å². The molecule has 1 N–H and O–H groups in total. The average Bonchev–Trinajstić information content (AvgIpc) is 3.72. The number of benzene rings is 2. The van der Waals surface area contributed by atoms with E-state index in [9.17, 15) is 4.79 Å². The van der Waals surface area contributed by atoms with Gasteiger partial charge in [0.2, 0.25) is 0 Å². The number of nitrogens with one attached hydrogen (secondary N) is 1. The smallest absolute Gasteiger partial charge is 0.253 e. The van der Waals surface area contributed by atoms with Crippen LogP contribution in [0.3, 0.4) is 0 Å². The molecular weight excluding hydrogens is 468 g/mol. The van der Waals surface area contributed by atoms with Crippen molar-refractivity contribution in [2.24, 2.45) is 0 Å². The SMILES string of the molecule is COCCCOc1cc(CCN(C(=O)[C@H]2CNCCO2)C2CC2)ccc1OCc1ccccc1.Cl. The van der Waals surface area contributed by atoms with E-state index in [4.69, 9.17) is 18.9 Å². The van der Waals surface area contributed by atoms with Gasteiger partial charge < -0.3 is 29.2 Å². The van der Waals surface area contributed by atoms with Gasteiger partial charge in [0.1, 0.15) is 12.7 Å². The quantitative estimate of drug-likeness (QED) is 0.420. The summed E-state index contributed by atoms with van der Waals surface area (Å²) in [6, 6.07) is 16.5. The fourth-order valence-electron chi connectivity index (χ4n) is 4.08. The van der Waals surface area contributed by atoms with Crippen LogP contribution in [0.1, 0.15) is 30.4 Å². The molecule has 1 heterocycles. The van der Waals surface area contributed by atoms with E-state index in [-0.39, 0.29) is 24.4 Å². The molecule has 0 spiro atoms. The van der Waals surface area contributed by atoms with Gasteiger partial charge in [-0.25, -0.2) is 0 Å². The van der Waals surface area contributed by atoms with Crippen LogP contribution >= 0.6 is 12.4 Å². The first-order valence-corrected chi connectivity index (χ1v) is 12.3. The highest BCUT2D eigenvalue weighted by Crippen LogP contribution is 2.31. The topological polar surface area (TPSA) is 69.3 Å². The molecule has 1 atom stereocenters. The molecule has 4 rings (SSSR count). The zero-order chi connectivity index (χ0) is 23.6. The van der Waals surface area contributed by atoms with Crippen molar-refractivity contribution in [2.45, 2.75) is 44.4 Å². The number of methoxy groups -OCH3 is 1. The second-order valence-electron chi connectivity index (χ2n) is 8.83. The first-order chi connectivity index (χ1) is 16.7. The molecule has 2 aliphatic rings. The number of amides is 1. The predicted octanol–water partition coefficient (Wildman–Crippen LogP) is 3.62. The molecule has 35 heavy (non-hydrogen) atoms. The van der Waals surface area contributed by atoms with Crippen molar-refractivity contribution in [3.8, 4) is 11.5 Å². The molecule has 0 aromatic heterocycles. The minimum absolute atomic E-state index is 0. The highest BCUT2D eigenvalue weighted by atomic mass is 35.5. The average molecular weight is 505 g/mol. The molecule has 1 saturated heterocycles. The van der Waals surface area contributed by atoms with Crippen molar-refractivity contribution in [1.29, 1.82) is 0 Å². The lowest BCUT2D eigenvalue weighted by atomic mass is 10.1. The summed E-state index contributed by atoms with van der Waals surface area (Å²) in [5.74, 6) is 1.56. The van der Waals surface area contributed by atoms with Crippen LogP contribution in [0.15, 0.2) is 48.5 Å². The Kier molecular flexibility index (Phi) is 11.1. The third-order valence-corrected chi connectivity index (χ3v) is 6.11. The van der Waals surface area contributed by atoms with Crippen LogP contribution in [0.2, 0.25) is 0 Å². The fraction of sp³-hybridized carbons (Fsp3) is 0.519. The van der Waals surface area contributed by atoms with Crippen LogP contribution < -0.4 is 14.8 Å². The monoisotopic (exact) mass is 504 g/mol. The Morgan fingerprint density at radius 3 is 2.60 bits per heavy atom. The van der Waals surface area contributed by atoms with Crippen LogP contribution in [0.4, 0.5) is 0 Å². The van der Waals surface area contributed by atoms with Crippen molar-refractivity contribution in [2.75, 3.05) is 46.6 Å². The van der Waals surface area contributed by atoms with E-state index in [1.54, 1.807) is 7.11 Å². The van der Waals surface area contributed by atoms with Crippen LogP contribution in [0.25, 0.3) is 0 Å². The van der Waals surface area contributed by atoms with Gasteiger partial charge in [-0.1, -0.05) is 36.4 Å². The van der Waals surface area contributed by atoms with Gasteiger partial charge in [-0.15, -0.1) is 12.4 Å². The molecule has 2 fully saturated rings. The van der Waals surface area contributed by atoms with E-state index in [1.807, 2.05) is 47.4 Å². The number of rotatable bonds is 13. The lowest BCUT2D eigenvalue weighted by Gasteiger charge is -2.30. The number of carbonyl (C=O) groups excluding carboxylic acids is 1. The normalized spacial score (nSPS) is 17.3. The second-order valence-corrected chi connectivity index (χ2v) is 8.83. The lowest BCUT2D eigenvalue weighted by molar-refractivity contribution is -0.145. The minimum atomic E-state index is -0.372. The molecular formula is C27H37ClN2O5. The number of ether oxygens (including phenoxy) is 4. The number of hydrogen-bond acceptors (Lipinski definition) is 6. The summed E-state index contributed by atoms with van der Waals surface area (Å²) in [7, 11) is 1.69. The summed E-state index contributed by atoms with van der Waals surface area (Å²) in [5, 5.41) is 3.26. The first-order valence-electron chi connectivity index (χ1n) is 12.3. The van der Waals surface area contributed by atoms with Crippen molar-refractivity contribution in [3.05, 3.63) is 59.7 Å². The minimum Gasteiger partial charge on any atom is -0.490 e. The summed E-state index contributed by atoms with van der Waals surface area (Å²) < 4.78 is 23.0. The maximum absolute atomic E-state index is 13.0. The maximum Gasteiger partial charge on any atom is 0.253 e. The van der Waals surface area contributed by atoms with Gasteiger partial charge >= 0.3 is 0 Å². The number of nitrogens with zero attached hydrogens (tertiary/aromatic N) is 1. The molecule has 2 aromatic carbocycles. The largest absolute Gasteiger partial charge is 0.490 e. The molecule has 1 aliphatic carbocycles. The van der Waals surface area contributed by atoms with Crippen molar-refractivity contribution in [1.82, 2.24) is 10.2 Å². The predicted molar refractivity (Wildman–Crippen MR) is 138 cm³/mol. The van der Waals surface area contributed by atoms with Crippen LogP contribution in [0.5, 0.6) is 11.5 Å². The van der Waals surface area contributed by atoms with E-state index >= 15 is 0 Å². The summed E-state index contributed by atoms with van der Waals surface area (Å²) in [5.41, 5.74) is 2.23. The second kappa shape index (κ2) is 14.3. The Bertz CT molecular complexity index is 904. The summed E-state index contributed by atoms with van der Waals surface area (Å²) in [6.07, 6.45) is 3.34. The molecule has 1 amide bonds. The van der Waals surface area contributed by atoms with Gasteiger partial charge in [-0.2, -0.15) is 0 Å². The highest BCUT2D eigenvalue weighted by Gasteiger charge is 2.36. The Balaban J connectivity index is 0.00000342. The third-order valence-electron chi connectivity index (χ3n) is 6.11. The highest BCUT2D eigenvalue weighted by molar-refractivity contribution is 5.85. The molecule has 0 radical (unpaired) electrons. The van der Waals surface area contributed by atoms with E-state index < -0.39 is 0 Å². The Hall–Kier alpha value is -2.32. The van der Waals surface area contributed by atoms with Crippen LogP contribution in [-0.2, 0) is 27.3 Å². The van der Waals surface area contributed by atoms with E-state index in [2.05, 4.69) is 11.4 Å². The molecule has 1 saturated carbocycles. The lowest BCUT2D eigenvalue weighted by Crippen LogP contribution is -2.50. The molecule has 0 unspecified atom stereocenters. The Labute approximate surface area is 214 Å². The molecule has 8 heteroatoms. The van der Waals surface area contributed by atoms with Crippen molar-refractivity contribution < 1.29 is 23.7 Å². The molecule has 1 aliphatic heterocycles. The number of halogens is 1.